The van der Waals surface area contributed by atoms with Crippen molar-refractivity contribution in [2.45, 2.75) is 13.2 Å². The van der Waals surface area contributed by atoms with Gasteiger partial charge in [-0.1, -0.05) is 42.5 Å². The molecule has 0 saturated carbocycles. The summed E-state index contributed by atoms with van der Waals surface area (Å²) in [6, 6.07) is 23.9. The molecule has 0 bridgehead atoms. The van der Waals surface area contributed by atoms with Gasteiger partial charge in [0.25, 0.3) is 5.91 Å². The number of benzene rings is 3. The number of anilines is 1. The normalized spacial score (nSPS) is 10.9. The summed E-state index contributed by atoms with van der Waals surface area (Å²) in [5, 5.41) is 11.6. The molecule has 1 amide bonds. The number of carbonyl (C=O) groups excluding carboxylic acids is 1. The number of halogens is 1. The molecule has 3 aromatic carbocycles. The zero-order valence-electron chi connectivity index (χ0n) is 17.6. The number of aromatic nitrogens is 2. The maximum atomic E-state index is 12.8. The maximum Gasteiger partial charge on any atom is 0.265 e. The fourth-order valence-corrected chi connectivity index (χ4v) is 4.67. The SMILES string of the molecule is O=C(Nc1cccc(Cn2cc(Br)cn2)c1)c1cc(COc2ccc3ccccc3c2)cs1. The molecule has 5 nitrogen and oxygen atoms in total. The molecule has 0 saturated heterocycles. The van der Waals surface area contributed by atoms with Crippen LogP contribution in [0.4, 0.5) is 5.69 Å². The van der Waals surface area contributed by atoms with E-state index in [1.54, 1.807) is 6.20 Å². The number of amides is 1. The van der Waals surface area contributed by atoms with E-state index in [9.17, 15) is 4.79 Å². The summed E-state index contributed by atoms with van der Waals surface area (Å²) in [7, 11) is 0. The Morgan fingerprint density at radius 2 is 1.88 bits per heavy atom. The minimum Gasteiger partial charge on any atom is -0.489 e. The molecule has 0 aliphatic carbocycles. The number of fused-ring (bicyclic) bond motifs is 1. The van der Waals surface area contributed by atoms with Crippen LogP contribution in [0.1, 0.15) is 20.8 Å². The first-order valence-electron chi connectivity index (χ1n) is 10.4. The standard InChI is InChI=1S/C26H20BrN3O2S/c27-22-13-28-30(15-22)14-18-4-3-7-23(10-18)29-26(31)25-11-19(17-33-25)16-32-24-9-8-20-5-1-2-6-21(20)12-24/h1-13,15,17H,14,16H2,(H,29,31). The van der Waals surface area contributed by atoms with Gasteiger partial charge >= 0.3 is 0 Å². The van der Waals surface area contributed by atoms with Crippen molar-refractivity contribution in [3.63, 3.8) is 0 Å². The third kappa shape index (κ3) is 5.32. The number of thiophene rings is 1. The highest BCUT2D eigenvalue weighted by atomic mass is 79.9. The van der Waals surface area contributed by atoms with Gasteiger partial charge in [0.05, 0.1) is 22.1 Å². The van der Waals surface area contributed by atoms with Crippen molar-refractivity contribution in [2.24, 2.45) is 0 Å². The Hall–Kier alpha value is -3.42. The van der Waals surface area contributed by atoms with E-state index in [1.165, 1.54) is 16.7 Å². The first kappa shape index (κ1) is 21.4. The van der Waals surface area contributed by atoms with Gasteiger partial charge in [-0.15, -0.1) is 11.3 Å². The molecular weight excluding hydrogens is 498 g/mol. The lowest BCUT2D eigenvalue weighted by Crippen LogP contribution is -2.10. The summed E-state index contributed by atoms with van der Waals surface area (Å²) in [5.74, 6) is 0.683. The van der Waals surface area contributed by atoms with Gasteiger partial charge in [0.1, 0.15) is 12.4 Å². The van der Waals surface area contributed by atoms with Crippen LogP contribution in [0.15, 0.2) is 95.0 Å². The number of hydrogen-bond acceptors (Lipinski definition) is 4. The Morgan fingerprint density at radius 3 is 2.73 bits per heavy atom. The van der Waals surface area contributed by atoms with E-state index in [2.05, 4.69) is 44.5 Å². The third-order valence-electron chi connectivity index (χ3n) is 5.14. The van der Waals surface area contributed by atoms with Crippen LogP contribution in [0, 0.1) is 0 Å². The van der Waals surface area contributed by atoms with E-state index in [0.717, 1.165) is 32.4 Å². The van der Waals surface area contributed by atoms with E-state index in [4.69, 9.17) is 4.74 Å². The number of carbonyl (C=O) groups is 1. The summed E-state index contributed by atoms with van der Waals surface area (Å²) in [4.78, 5) is 13.4. The van der Waals surface area contributed by atoms with Crippen LogP contribution in [0.2, 0.25) is 0 Å². The van der Waals surface area contributed by atoms with Crippen LogP contribution in [0.25, 0.3) is 10.8 Å². The fraction of sp³-hybridized carbons (Fsp3) is 0.0769. The van der Waals surface area contributed by atoms with Crippen LogP contribution < -0.4 is 10.1 Å². The topological polar surface area (TPSA) is 56.2 Å². The Labute approximate surface area is 203 Å². The van der Waals surface area contributed by atoms with Crippen LogP contribution in [0.3, 0.4) is 0 Å². The molecule has 164 valence electrons. The van der Waals surface area contributed by atoms with Crippen LogP contribution in [-0.4, -0.2) is 15.7 Å². The molecule has 7 heteroatoms. The van der Waals surface area contributed by atoms with Gasteiger partial charge in [-0.05, 0) is 68.0 Å². The van der Waals surface area contributed by atoms with Crippen molar-refractivity contribution >= 4 is 49.6 Å². The molecule has 33 heavy (non-hydrogen) atoms. The van der Waals surface area contributed by atoms with Crippen molar-refractivity contribution in [1.29, 1.82) is 0 Å². The number of nitrogens with zero attached hydrogens (tertiary/aromatic N) is 2. The molecule has 0 aliphatic heterocycles. The van der Waals surface area contributed by atoms with Gasteiger partial charge in [0.15, 0.2) is 0 Å². The molecule has 0 fully saturated rings. The second-order valence-electron chi connectivity index (χ2n) is 7.63. The monoisotopic (exact) mass is 517 g/mol. The molecule has 2 heterocycles. The highest BCUT2D eigenvalue weighted by Crippen LogP contribution is 2.23. The fourth-order valence-electron chi connectivity index (χ4n) is 3.55. The quantitative estimate of drug-likeness (QED) is 0.260. The molecule has 0 spiro atoms. The van der Waals surface area contributed by atoms with Crippen molar-refractivity contribution in [3.8, 4) is 5.75 Å². The average molecular weight is 518 g/mol. The van der Waals surface area contributed by atoms with Crippen molar-refractivity contribution in [1.82, 2.24) is 9.78 Å². The van der Waals surface area contributed by atoms with E-state index in [-0.39, 0.29) is 5.91 Å². The van der Waals surface area contributed by atoms with Crippen LogP contribution in [0.5, 0.6) is 5.75 Å². The van der Waals surface area contributed by atoms with Gasteiger partial charge in [0, 0.05) is 17.4 Å². The van der Waals surface area contributed by atoms with Crippen molar-refractivity contribution < 1.29 is 9.53 Å². The molecule has 1 N–H and O–H groups in total. The predicted octanol–water partition coefficient (Wildman–Crippen LogP) is 6.74. The molecule has 5 aromatic rings. The first-order chi connectivity index (χ1) is 16.1. The Balaban J connectivity index is 1.20. The number of rotatable bonds is 7. The average Bonchev–Trinajstić information content (AvgIpc) is 3.47. The number of hydrogen-bond donors (Lipinski definition) is 1. The lowest BCUT2D eigenvalue weighted by molar-refractivity contribution is 0.103. The Bertz CT molecular complexity index is 1430. The Kier molecular flexibility index (Phi) is 6.24. The van der Waals surface area contributed by atoms with E-state index < -0.39 is 0 Å². The maximum absolute atomic E-state index is 12.8. The summed E-state index contributed by atoms with van der Waals surface area (Å²) in [6.07, 6.45) is 3.67. The van der Waals surface area contributed by atoms with Crippen LogP contribution >= 0.6 is 27.3 Å². The lowest BCUT2D eigenvalue weighted by atomic mass is 10.1. The van der Waals surface area contributed by atoms with Crippen molar-refractivity contribution in [3.05, 3.63) is 111 Å². The summed E-state index contributed by atoms with van der Waals surface area (Å²) < 4.78 is 8.72. The predicted molar refractivity (Wildman–Crippen MR) is 136 cm³/mol. The second-order valence-corrected chi connectivity index (χ2v) is 9.45. The molecule has 2 aromatic heterocycles. The second kappa shape index (κ2) is 9.60. The minimum absolute atomic E-state index is 0.129. The molecule has 0 aliphatic rings. The summed E-state index contributed by atoms with van der Waals surface area (Å²) in [6.45, 7) is 1.04. The number of nitrogens with one attached hydrogen (secondary N) is 1. The van der Waals surface area contributed by atoms with Crippen molar-refractivity contribution in [2.75, 3.05) is 5.32 Å². The smallest absolute Gasteiger partial charge is 0.265 e. The van der Waals surface area contributed by atoms with Gasteiger partial charge in [-0.25, -0.2) is 0 Å². The lowest BCUT2D eigenvalue weighted by Gasteiger charge is -2.07. The van der Waals surface area contributed by atoms with Gasteiger partial charge in [-0.3, -0.25) is 9.48 Å². The molecule has 5 rings (SSSR count). The summed E-state index contributed by atoms with van der Waals surface area (Å²) in [5.41, 5.74) is 2.78. The minimum atomic E-state index is -0.129. The van der Waals surface area contributed by atoms with Gasteiger partial charge in [0.2, 0.25) is 0 Å². The highest BCUT2D eigenvalue weighted by Gasteiger charge is 2.11. The van der Waals surface area contributed by atoms with E-state index >= 15 is 0 Å². The van der Waals surface area contributed by atoms with Gasteiger partial charge < -0.3 is 10.1 Å². The van der Waals surface area contributed by atoms with E-state index in [0.29, 0.717) is 18.0 Å². The van der Waals surface area contributed by atoms with Crippen LogP contribution in [-0.2, 0) is 13.2 Å². The number of ether oxygens (including phenoxy) is 1. The summed E-state index contributed by atoms with van der Waals surface area (Å²) >= 11 is 4.82. The first-order valence-corrected chi connectivity index (χ1v) is 12.1. The largest absolute Gasteiger partial charge is 0.489 e. The highest BCUT2D eigenvalue weighted by molar-refractivity contribution is 9.10. The molecular formula is C26H20BrN3O2S. The van der Waals surface area contributed by atoms with E-state index in [1.807, 2.05) is 70.9 Å². The molecule has 0 atom stereocenters. The third-order valence-corrected chi connectivity index (χ3v) is 6.52. The Morgan fingerprint density at radius 1 is 1.00 bits per heavy atom. The zero-order chi connectivity index (χ0) is 22.6. The van der Waals surface area contributed by atoms with Gasteiger partial charge in [-0.2, -0.15) is 5.10 Å². The molecule has 0 radical (unpaired) electrons. The molecule has 0 unspecified atom stereocenters. The zero-order valence-corrected chi connectivity index (χ0v) is 20.0.